The third-order valence-electron chi connectivity index (χ3n) is 5.32. The monoisotopic (exact) mass is 409 g/mol. The molecule has 4 nitrogen and oxygen atoms in total. The summed E-state index contributed by atoms with van der Waals surface area (Å²) >= 11 is 0. The van der Waals surface area contributed by atoms with E-state index in [0.29, 0.717) is 49.9 Å². The summed E-state index contributed by atoms with van der Waals surface area (Å²) in [6.07, 6.45) is 3.33. The van der Waals surface area contributed by atoms with Gasteiger partial charge in [0.15, 0.2) is 0 Å². The van der Waals surface area contributed by atoms with Gasteiger partial charge in [-0.05, 0) is 55.9 Å². The zero-order valence-electron chi connectivity index (χ0n) is 17.1. The van der Waals surface area contributed by atoms with Crippen LogP contribution in [0.4, 0.5) is 13.2 Å². The molecule has 0 aliphatic carbocycles. The van der Waals surface area contributed by atoms with Crippen LogP contribution in [0.3, 0.4) is 0 Å². The van der Waals surface area contributed by atoms with Crippen molar-refractivity contribution in [1.29, 1.82) is 0 Å². The molecular weight excluding hydrogens is 379 g/mol. The van der Waals surface area contributed by atoms with Crippen LogP contribution in [0.5, 0.6) is 0 Å². The van der Waals surface area contributed by atoms with Crippen LogP contribution in [-0.4, -0.2) is 30.1 Å². The van der Waals surface area contributed by atoms with E-state index in [2.05, 4.69) is 0 Å². The fraction of sp³-hybridized carbons (Fsp3) is 0.500. The number of nitrogens with two attached hydrogens (primary N) is 2. The van der Waals surface area contributed by atoms with Crippen LogP contribution in [0.1, 0.15) is 51.5 Å². The topological polar surface area (TPSA) is 72.3 Å². The molecule has 0 aromatic heterocycles. The van der Waals surface area contributed by atoms with Crippen LogP contribution in [0.15, 0.2) is 35.5 Å². The van der Waals surface area contributed by atoms with Gasteiger partial charge in [-0.25, -0.2) is 13.2 Å². The van der Waals surface area contributed by atoms with Crippen molar-refractivity contribution in [3.8, 4) is 0 Å². The summed E-state index contributed by atoms with van der Waals surface area (Å²) in [5, 5.41) is 0. The summed E-state index contributed by atoms with van der Waals surface area (Å²) < 4.78 is 41.3. The van der Waals surface area contributed by atoms with E-state index in [1.54, 1.807) is 4.90 Å². The molecule has 1 aliphatic rings. The molecule has 2 unspecified atom stereocenters. The van der Waals surface area contributed by atoms with Gasteiger partial charge in [0, 0.05) is 23.9 Å². The molecule has 1 heterocycles. The number of halogens is 3. The predicted octanol–water partition coefficient (Wildman–Crippen LogP) is 4.26. The Morgan fingerprint density at radius 1 is 1.31 bits per heavy atom. The first-order chi connectivity index (χ1) is 13.7. The molecule has 1 aromatic carbocycles. The Labute approximate surface area is 170 Å². The predicted molar refractivity (Wildman–Crippen MR) is 109 cm³/mol. The van der Waals surface area contributed by atoms with E-state index in [4.69, 9.17) is 11.5 Å². The molecule has 0 radical (unpaired) electrons. The molecule has 29 heavy (non-hydrogen) atoms. The Balaban J connectivity index is 2.04. The molecule has 0 saturated carbocycles. The summed E-state index contributed by atoms with van der Waals surface area (Å²) in [5.41, 5.74) is 13.0. The fourth-order valence-corrected chi connectivity index (χ4v) is 3.54. The van der Waals surface area contributed by atoms with E-state index in [9.17, 15) is 18.0 Å². The molecule has 1 aromatic rings. The van der Waals surface area contributed by atoms with Crippen LogP contribution >= 0.6 is 0 Å². The molecule has 7 heteroatoms. The van der Waals surface area contributed by atoms with Crippen molar-refractivity contribution in [2.24, 2.45) is 17.4 Å². The number of allylic oxidation sites excluding steroid dienone is 3. The first-order valence-electron chi connectivity index (χ1n) is 10.1. The van der Waals surface area contributed by atoms with Gasteiger partial charge in [0.05, 0.1) is 12.1 Å². The lowest BCUT2D eigenvalue weighted by molar-refractivity contribution is -0.134. The molecule has 1 aliphatic heterocycles. The molecular formula is C22H30F3N3O. The highest BCUT2D eigenvalue weighted by Gasteiger charge is 2.28. The quantitative estimate of drug-likeness (QED) is 0.630. The zero-order chi connectivity index (χ0) is 21.6. The SMILES string of the molecule is CC/C(N)=C(/C=C(\N)c1c(F)cccc1F)CCCC(C)C(=O)N1CCC(F)C1. The van der Waals surface area contributed by atoms with Gasteiger partial charge < -0.3 is 16.4 Å². The van der Waals surface area contributed by atoms with Crippen molar-refractivity contribution in [2.75, 3.05) is 13.1 Å². The maximum Gasteiger partial charge on any atom is 0.225 e. The third-order valence-corrected chi connectivity index (χ3v) is 5.32. The highest BCUT2D eigenvalue weighted by Crippen LogP contribution is 2.24. The van der Waals surface area contributed by atoms with Crippen molar-refractivity contribution in [2.45, 2.75) is 52.1 Å². The van der Waals surface area contributed by atoms with Crippen LogP contribution < -0.4 is 11.5 Å². The van der Waals surface area contributed by atoms with Crippen LogP contribution in [0.2, 0.25) is 0 Å². The number of carbonyl (C=O) groups is 1. The van der Waals surface area contributed by atoms with Crippen molar-refractivity contribution in [3.05, 3.63) is 52.7 Å². The molecule has 1 saturated heterocycles. The average Bonchev–Trinajstić information content (AvgIpc) is 3.12. The van der Waals surface area contributed by atoms with Gasteiger partial charge in [0.2, 0.25) is 5.91 Å². The van der Waals surface area contributed by atoms with Crippen molar-refractivity contribution in [1.82, 2.24) is 4.90 Å². The summed E-state index contributed by atoms with van der Waals surface area (Å²) in [4.78, 5) is 14.0. The van der Waals surface area contributed by atoms with E-state index in [0.717, 1.165) is 12.1 Å². The van der Waals surface area contributed by atoms with E-state index in [1.165, 1.54) is 12.1 Å². The van der Waals surface area contributed by atoms with Gasteiger partial charge in [0.1, 0.15) is 17.8 Å². The second-order valence-electron chi connectivity index (χ2n) is 7.56. The Bertz CT molecular complexity index is 771. The lowest BCUT2D eigenvalue weighted by Crippen LogP contribution is -2.33. The Morgan fingerprint density at radius 2 is 1.97 bits per heavy atom. The van der Waals surface area contributed by atoms with Gasteiger partial charge in [-0.1, -0.05) is 19.9 Å². The number of amides is 1. The second-order valence-corrected chi connectivity index (χ2v) is 7.56. The van der Waals surface area contributed by atoms with Crippen LogP contribution in [-0.2, 0) is 4.79 Å². The minimum absolute atomic E-state index is 0.0258. The van der Waals surface area contributed by atoms with Crippen molar-refractivity contribution in [3.63, 3.8) is 0 Å². The van der Waals surface area contributed by atoms with Crippen LogP contribution in [0.25, 0.3) is 5.70 Å². The summed E-state index contributed by atoms with van der Waals surface area (Å²) in [6, 6.07) is 3.58. The molecule has 2 atom stereocenters. The lowest BCUT2D eigenvalue weighted by Gasteiger charge is -2.20. The highest BCUT2D eigenvalue weighted by molar-refractivity contribution is 5.78. The van der Waals surface area contributed by atoms with Gasteiger partial charge in [-0.2, -0.15) is 0 Å². The number of carbonyl (C=O) groups excluding carboxylic acids is 1. The smallest absolute Gasteiger partial charge is 0.225 e. The number of nitrogens with zero attached hydrogens (tertiary/aromatic N) is 1. The maximum atomic E-state index is 14.0. The fourth-order valence-electron chi connectivity index (χ4n) is 3.54. The minimum Gasteiger partial charge on any atom is -0.402 e. The number of hydrogen-bond donors (Lipinski definition) is 2. The second kappa shape index (κ2) is 10.4. The van der Waals surface area contributed by atoms with E-state index in [1.807, 2.05) is 13.8 Å². The summed E-state index contributed by atoms with van der Waals surface area (Å²) in [6.45, 7) is 4.35. The Morgan fingerprint density at radius 3 is 2.52 bits per heavy atom. The number of likely N-dealkylation sites (tertiary alicyclic amines) is 1. The van der Waals surface area contributed by atoms with E-state index in [-0.39, 0.29) is 29.6 Å². The summed E-state index contributed by atoms with van der Waals surface area (Å²) in [7, 11) is 0. The largest absolute Gasteiger partial charge is 0.402 e. The Kier molecular flexibility index (Phi) is 8.17. The number of rotatable bonds is 8. The number of hydrogen-bond acceptors (Lipinski definition) is 3. The standard InChI is InChI=1S/C22H30F3N3O/c1-3-19(26)15(12-20(27)21-17(24)8-5-9-18(21)25)7-4-6-14(2)22(29)28-11-10-16(23)13-28/h5,8-9,12,14,16H,3-4,6-7,10-11,13,26-27H2,1-2H3/b19-15-,20-12-. The van der Waals surface area contributed by atoms with Gasteiger partial charge in [0.25, 0.3) is 0 Å². The molecule has 0 spiro atoms. The molecule has 0 bridgehead atoms. The molecule has 4 N–H and O–H groups in total. The van der Waals surface area contributed by atoms with Crippen molar-refractivity contribution >= 4 is 11.6 Å². The van der Waals surface area contributed by atoms with Gasteiger partial charge >= 0.3 is 0 Å². The van der Waals surface area contributed by atoms with Crippen LogP contribution in [0, 0.1) is 17.6 Å². The number of alkyl halides is 1. The van der Waals surface area contributed by atoms with E-state index < -0.39 is 17.8 Å². The Hall–Kier alpha value is -2.44. The lowest BCUT2D eigenvalue weighted by atomic mass is 9.97. The zero-order valence-corrected chi connectivity index (χ0v) is 17.1. The maximum absolute atomic E-state index is 14.0. The van der Waals surface area contributed by atoms with Gasteiger partial charge in [-0.3, -0.25) is 4.79 Å². The minimum atomic E-state index is -0.933. The molecule has 1 amide bonds. The molecule has 160 valence electrons. The van der Waals surface area contributed by atoms with Crippen molar-refractivity contribution < 1.29 is 18.0 Å². The first-order valence-corrected chi connectivity index (χ1v) is 10.1. The normalized spacial score (nSPS) is 19.3. The summed E-state index contributed by atoms with van der Waals surface area (Å²) in [5.74, 6) is -1.73. The average molecular weight is 409 g/mol. The highest BCUT2D eigenvalue weighted by atomic mass is 19.1. The molecule has 2 rings (SSSR count). The van der Waals surface area contributed by atoms with E-state index >= 15 is 0 Å². The first kappa shape index (κ1) is 22.8. The third kappa shape index (κ3) is 6.02. The molecule has 1 fully saturated rings. The van der Waals surface area contributed by atoms with Gasteiger partial charge in [-0.15, -0.1) is 0 Å². The number of benzene rings is 1.